The van der Waals surface area contributed by atoms with Gasteiger partial charge in [0.25, 0.3) is 0 Å². The van der Waals surface area contributed by atoms with E-state index in [0.29, 0.717) is 27.4 Å². The topological polar surface area (TPSA) is 106 Å². The van der Waals surface area contributed by atoms with Gasteiger partial charge in [0.1, 0.15) is 5.01 Å². The molecular formula is C17H15BrN6OS. The third kappa shape index (κ3) is 4.93. The Labute approximate surface area is 162 Å². The molecule has 0 saturated carbocycles. The summed E-state index contributed by atoms with van der Waals surface area (Å²) in [6, 6.07) is 10.9. The van der Waals surface area contributed by atoms with Gasteiger partial charge in [-0.3, -0.25) is 4.79 Å². The first kappa shape index (κ1) is 18.2. The lowest BCUT2D eigenvalue weighted by molar-refractivity contribution is -0.115. The van der Waals surface area contributed by atoms with Gasteiger partial charge in [0, 0.05) is 27.6 Å². The largest absolute Gasteiger partial charge is 0.399 e. The van der Waals surface area contributed by atoms with E-state index in [1.54, 1.807) is 31.3 Å². The Morgan fingerprint density at radius 3 is 2.69 bits per heavy atom. The second kappa shape index (κ2) is 8.15. The number of carbonyl (C=O) groups excluding carboxylic acids is 1. The van der Waals surface area contributed by atoms with Crippen LogP contribution in [-0.4, -0.2) is 26.8 Å². The second-order valence-corrected chi connectivity index (χ2v) is 7.33. The first-order valence-corrected chi connectivity index (χ1v) is 9.25. The Morgan fingerprint density at radius 1 is 1.23 bits per heavy atom. The maximum Gasteiger partial charge on any atom is 0.231 e. The van der Waals surface area contributed by atoms with Gasteiger partial charge < -0.3 is 11.1 Å². The number of anilines is 2. The third-order valence-corrected chi connectivity index (χ3v) is 4.62. The molecule has 0 aliphatic carbocycles. The number of rotatable bonds is 5. The first-order valence-electron chi connectivity index (χ1n) is 7.64. The first-order chi connectivity index (χ1) is 12.5. The predicted octanol–water partition coefficient (Wildman–Crippen LogP) is 4.07. The zero-order valence-electron chi connectivity index (χ0n) is 13.8. The van der Waals surface area contributed by atoms with Crippen molar-refractivity contribution in [1.29, 1.82) is 0 Å². The number of hydrogen-bond acceptors (Lipinski definition) is 7. The smallest absolute Gasteiger partial charge is 0.231 e. The van der Waals surface area contributed by atoms with Crippen molar-refractivity contribution in [3.8, 4) is 10.6 Å². The number of aliphatic imine (C=N–C) groups is 1. The number of carbonyl (C=O) groups is 1. The summed E-state index contributed by atoms with van der Waals surface area (Å²) in [5.41, 5.74) is 7.91. The van der Waals surface area contributed by atoms with Crippen LogP contribution < -0.4 is 11.1 Å². The van der Waals surface area contributed by atoms with Crippen LogP contribution in [0.25, 0.3) is 10.6 Å². The lowest BCUT2D eigenvalue weighted by atomic mass is 10.2. The van der Waals surface area contributed by atoms with E-state index in [0.717, 1.165) is 10.0 Å². The molecule has 0 atom stereocenters. The molecule has 132 valence electrons. The average Bonchev–Trinajstić information content (AvgIpc) is 3.05. The molecule has 3 aromatic rings. The van der Waals surface area contributed by atoms with E-state index in [1.165, 1.54) is 11.3 Å². The SMILES string of the molecule is CC(CC(=O)Nc1nnc(-c2ccc(N)cc2)s1)=Nc1ccc(Br)cn1. The Bertz CT molecular complexity index is 937. The number of benzene rings is 1. The zero-order chi connectivity index (χ0) is 18.5. The summed E-state index contributed by atoms with van der Waals surface area (Å²) in [6.07, 6.45) is 1.81. The standard InChI is InChI=1S/C17H15BrN6OS/c1-10(21-14-7-4-12(18)9-20-14)8-15(25)22-17-24-23-16(26-17)11-2-5-13(19)6-3-11/h2-7,9H,8,19H2,1H3,(H,22,24,25). The summed E-state index contributed by atoms with van der Waals surface area (Å²) in [4.78, 5) is 20.6. The number of nitrogen functional groups attached to an aromatic ring is 1. The molecule has 2 heterocycles. The van der Waals surface area contributed by atoms with Gasteiger partial charge in [-0.15, -0.1) is 10.2 Å². The molecule has 0 fully saturated rings. The molecular weight excluding hydrogens is 416 g/mol. The van der Waals surface area contributed by atoms with E-state index in [-0.39, 0.29) is 12.3 Å². The van der Waals surface area contributed by atoms with Crippen LogP contribution >= 0.6 is 27.3 Å². The van der Waals surface area contributed by atoms with Crippen molar-refractivity contribution in [3.63, 3.8) is 0 Å². The number of halogens is 1. The molecule has 0 radical (unpaired) electrons. The Kier molecular flexibility index (Phi) is 5.69. The van der Waals surface area contributed by atoms with E-state index in [4.69, 9.17) is 5.73 Å². The Hall–Kier alpha value is -2.65. The van der Waals surface area contributed by atoms with Crippen molar-refractivity contribution >= 4 is 55.5 Å². The number of nitrogens with one attached hydrogen (secondary N) is 1. The summed E-state index contributed by atoms with van der Waals surface area (Å²) in [5.74, 6) is 0.350. The Balaban J connectivity index is 1.61. The van der Waals surface area contributed by atoms with Crippen LogP contribution in [0.15, 0.2) is 52.1 Å². The van der Waals surface area contributed by atoms with Crippen LogP contribution in [0.4, 0.5) is 16.6 Å². The molecule has 0 saturated heterocycles. The minimum Gasteiger partial charge on any atom is -0.399 e. The number of pyridine rings is 1. The van der Waals surface area contributed by atoms with Gasteiger partial charge >= 0.3 is 0 Å². The average molecular weight is 431 g/mol. The lowest BCUT2D eigenvalue weighted by Crippen LogP contribution is -2.14. The number of nitrogens with two attached hydrogens (primary N) is 1. The van der Waals surface area contributed by atoms with E-state index in [1.807, 2.05) is 18.2 Å². The van der Waals surface area contributed by atoms with Crippen molar-refractivity contribution in [1.82, 2.24) is 15.2 Å². The van der Waals surface area contributed by atoms with Crippen LogP contribution in [0.1, 0.15) is 13.3 Å². The maximum atomic E-state index is 12.2. The van der Waals surface area contributed by atoms with Crippen LogP contribution in [0.2, 0.25) is 0 Å². The highest BCUT2D eigenvalue weighted by atomic mass is 79.9. The van der Waals surface area contributed by atoms with Crippen molar-refractivity contribution in [2.24, 2.45) is 4.99 Å². The number of hydrogen-bond donors (Lipinski definition) is 2. The zero-order valence-corrected chi connectivity index (χ0v) is 16.2. The molecule has 0 aliphatic rings. The van der Waals surface area contributed by atoms with Crippen molar-refractivity contribution in [3.05, 3.63) is 47.1 Å². The molecule has 0 spiro atoms. The summed E-state index contributed by atoms with van der Waals surface area (Å²) in [7, 11) is 0. The minimum absolute atomic E-state index is 0.147. The number of nitrogens with zero attached hydrogens (tertiary/aromatic N) is 4. The highest BCUT2D eigenvalue weighted by molar-refractivity contribution is 9.10. The third-order valence-electron chi connectivity index (χ3n) is 3.26. The van der Waals surface area contributed by atoms with Gasteiger partial charge in [-0.05, 0) is 59.3 Å². The van der Waals surface area contributed by atoms with Crippen LogP contribution in [0.5, 0.6) is 0 Å². The summed E-state index contributed by atoms with van der Waals surface area (Å²) < 4.78 is 0.875. The molecule has 3 rings (SSSR count). The summed E-state index contributed by atoms with van der Waals surface area (Å²) >= 11 is 4.62. The van der Waals surface area contributed by atoms with Crippen molar-refractivity contribution in [2.45, 2.75) is 13.3 Å². The predicted molar refractivity (Wildman–Crippen MR) is 108 cm³/mol. The number of aromatic nitrogens is 3. The lowest BCUT2D eigenvalue weighted by Gasteiger charge is -2.01. The van der Waals surface area contributed by atoms with Crippen LogP contribution in [-0.2, 0) is 4.79 Å². The fourth-order valence-corrected chi connectivity index (χ4v) is 3.08. The van der Waals surface area contributed by atoms with E-state index in [2.05, 4.69) is 41.4 Å². The molecule has 0 unspecified atom stereocenters. The fraction of sp³-hybridized carbons (Fsp3) is 0.118. The molecule has 9 heteroatoms. The normalized spacial score (nSPS) is 11.4. The van der Waals surface area contributed by atoms with Crippen LogP contribution in [0.3, 0.4) is 0 Å². The molecule has 1 amide bonds. The van der Waals surface area contributed by atoms with Gasteiger partial charge in [0.05, 0.1) is 6.42 Å². The van der Waals surface area contributed by atoms with Crippen molar-refractivity contribution < 1.29 is 4.79 Å². The molecule has 0 bridgehead atoms. The van der Waals surface area contributed by atoms with Crippen molar-refractivity contribution in [2.75, 3.05) is 11.1 Å². The van der Waals surface area contributed by atoms with Gasteiger partial charge in [0.2, 0.25) is 11.0 Å². The minimum atomic E-state index is -0.205. The van der Waals surface area contributed by atoms with E-state index >= 15 is 0 Å². The monoisotopic (exact) mass is 430 g/mol. The number of amides is 1. The molecule has 7 nitrogen and oxygen atoms in total. The Morgan fingerprint density at radius 2 is 2.00 bits per heavy atom. The molecule has 3 N–H and O–H groups in total. The highest BCUT2D eigenvalue weighted by Gasteiger charge is 2.11. The fourth-order valence-electron chi connectivity index (χ4n) is 2.08. The molecule has 26 heavy (non-hydrogen) atoms. The van der Waals surface area contributed by atoms with E-state index < -0.39 is 0 Å². The van der Waals surface area contributed by atoms with Gasteiger partial charge in [-0.25, -0.2) is 9.98 Å². The maximum absolute atomic E-state index is 12.2. The van der Waals surface area contributed by atoms with Crippen LogP contribution in [0, 0.1) is 0 Å². The molecule has 0 aliphatic heterocycles. The quantitative estimate of drug-likeness (QED) is 0.468. The summed E-state index contributed by atoms with van der Waals surface area (Å²) in [5, 5.41) is 12.0. The highest BCUT2D eigenvalue weighted by Crippen LogP contribution is 2.27. The van der Waals surface area contributed by atoms with Gasteiger partial charge in [-0.2, -0.15) is 0 Å². The van der Waals surface area contributed by atoms with Gasteiger partial charge in [-0.1, -0.05) is 11.3 Å². The molecule has 1 aromatic carbocycles. The van der Waals surface area contributed by atoms with E-state index in [9.17, 15) is 4.79 Å². The summed E-state index contributed by atoms with van der Waals surface area (Å²) in [6.45, 7) is 1.78. The second-order valence-electron chi connectivity index (χ2n) is 5.44. The molecule has 2 aromatic heterocycles. The van der Waals surface area contributed by atoms with Gasteiger partial charge in [0.15, 0.2) is 5.82 Å².